The van der Waals surface area contributed by atoms with Gasteiger partial charge in [-0.2, -0.15) is 5.10 Å². The van der Waals surface area contributed by atoms with Crippen molar-refractivity contribution in [3.8, 4) is 11.5 Å². The third kappa shape index (κ3) is 6.98. The Morgan fingerprint density at radius 2 is 1.91 bits per heavy atom. The summed E-state index contributed by atoms with van der Waals surface area (Å²) in [6.07, 6.45) is 4.55. The number of aliphatic hydroxyl groups is 1. The van der Waals surface area contributed by atoms with Crippen molar-refractivity contribution in [2.24, 2.45) is 0 Å². The summed E-state index contributed by atoms with van der Waals surface area (Å²) in [5, 5.41) is 16.1. The first-order valence-electron chi connectivity index (χ1n) is 11.9. The van der Waals surface area contributed by atoms with Crippen molar-refractivity contribution in [3.05, 3.63) is 76.6 Å². The van der Waals surface area contributed by atoms with E-state index in [9.17, 15) is 5.11 Å². The van der Waals surface area contributed by atoms with Crippen molar-refractivity contribution in [1.82, 2.24) is 14.7 Å². The van der Waals surface area contributed by atoms with Crippen LogP contribution in [0.25, 0.3) is 0 Å². The van der Waals surface area contributed by atoms with Crippen LogP contribution in [-0.2, 0) is 13.1 Å². The molecule has 0 amide bonds. The number of ether oxygens (including phenoxy) is 2. The number of benzene rings is 2. The van der Waals surface area contributed by atoms with Gasteiger partial charge in [-0.1, -0.05) is 29.8 Å². The van der Waals surface area contributed by atoms with Crippen LogP contribution in [0.5, 0.6) is 11.5 Å². The minimum Gasteiger partial charge on any atom is -0.494 e. The standard InChI is InChI=1S/C27H34ClN3O3/c1-21-5-10-25(28)26(17-21)34-20-27(32)12-3-13-30(19-27)18-23-6-8-24(9-7-23)33-16-4-14-31-15-11-22(2)29-31/h5-11,15,17,32H,3-4,12-14,16,18-20H2,1-2H3. The first-order valence-corrected chi connectivity index (χ1v) is 12.3. The van der Waals surface area contributed by atoms with E-state index >= 15 is 0 Å². The molecule has 1 aliphatic rings. The Balaban J connectivity index is 1.23. The maximum Gasteiger partial charge on any atom is 0.138 e. The van der Waals surface area contributed by atoms with Crippen molar-refractivity contribution in [1.29, 1.82) is 0 Å². The minimum atomic E-state index is -0.887. The molecule has 34 heavy (non-hydrogen) atoms. The van der Waals surface area contributed by atoms with Crippen LogP contribution in [0.15, 0.2) is 54.7 Å². The molecule has 1 atom stereocenters. The molecule has 182 valence electrons. The van der Waals surface area contributed by atoms with Crippen molar-refractivity contribution in [2.75, 3.05) is 26.3 Å². The van der Waals surface area contributed by atoms with Crippen LogP contribution in [0.4, 0.5) is 0 Å². The number of halogens is 1. The lowest BCUT2D eigenvalue weighted by molar-refractivity contribution is -0.0620. The van der Waals surface area contributed by atoms with Gasteiger partial charge in [0.15, 0.2) is 0 Å². The second-order valence-corrected chi connectivity index (χ2v) is 9.73. The number of hydrogen-bond acceptors (Lipinski definition) is 5. The lowest BCUT2D eigenvalue weighted by Gasteiger charge is -2.39. The summed E-state index contributed by atoms with van der Waals surface area (Å²) in [4.78, 5) is 2.28. The normalized spacial score (nSPS) is 18.7. The number of piperidine rings is 1. The molecule has 2 aromatic carbocycles. The fourth-order valence-electron chi connectivity index (χ4n) is 4.35. The molecule has 1 aliphatic heterocycles. The summed E-state index contributed by atoms with van der Waals surface area (Å²) in [5.74, 6) is 1.50. The maximum absolute atomic E-state index is 11.2. The van der Waals surface area contributed by atoms with Gasteiger partial charge in [0.1, 0.15) is 23.7 Å². The maximum atomic E-state index is 11.2. The average molecular weight is 484 g/mol. The Labute approximate surface area is 207 Å². The predicted molar refractivity (Wildman–Crippen MR) is 135 cm³/mol. The van der Waals surface area contributed by atoms with Crippen LogP contribution in [0, 0.1) is 13.8 Å². The van der Waals surface area contributed by atoms with Gasteiger partial charge in [0.25, 0.3) is 0 Å². The largest absolute Gasteiger partial charge is 0.494 e. The van der Waals surface area contributed by atoms with Gasteiger partial charge in [-0.05, 0) is 74.7 Å². The van der Waals surface area contributed by atoms with Gasteiger partial charge in [0, 0.05) is 32.3 Å². The molecule has 6 nitrogen and oxygen atoms in total. The zero-order chi connectivity index (χ0) is 24.0. The molecule has 0 aliphatic carbocycles. The third-order valence-corrected chi connectivity index (χ3v) is 6.43. The Hall–Kier alpha value is -2.54. The SMILES string of the molecule is Cc1ccc(Cl)c(OCC2(O)CCCN(Cc3ccc(OCCCn4ccc(C)n4)cc3)C2)c1. The smallest absolute Gasteiger partial charge is 0.138 e. The number of β-amino-alcohol motifs (C(OH)–C–C–N with tert-alkyl or cyclic N) is 1. The van der Waals surface area contributed by atoms with Crippen LogP contribution < -0.4 is 9.47 Å². The second-order valence-electron chi connectivity index (χ2n) is 9.33. The van der Waals surface area contributed by atoms with E-state index in [0.29, 0.717) is 23.9 Å². The highest BCUT2D eigenvalue weighted by Gasteiger charge is 2.34. The summed E-state index contributed by atoms with van der Waals surface area (Å²) in [5.41, 5.74) is 2.43. The molecule has 1 fully saturated rings. The van der Waals surface area contributed by atoms with Crippen LogP contribution >= 0.6 is 11.6 Å². The topological polar surface area (TPSA) is 59.8 Å². The third-order valence-electron chi connectivity index (χ3n) is 6.12. The number of nitrogens with zero attached hydrogens (tertiary/aromatic N) is 3. The molecule has 1 aromatic heterocycles. The second kappa shape index (κ2) is 11.3. The summed E-state index contributed by atoms with van der Waals surface area (Å²) < 4.78 is 13.7. The first kappa shape index (κ1) is 24.6. The van der Waals surface area contributed by atoms with E-state index in [1.165, 1.54) is 5.56 Å². The Bertz CT molecular complexity index is 1070. The molecular formula is C27H34ClN3O3. The van der Waals surface area contributed by atoms with Crippen molar-refractivity contribution < 1.29 is 14.6 Å². The minimum absolute atomic E-state index is 0.234. The zero-order valence-corrected chi connectivity index (χ0v) is 20.8. The van der Waals surface area contributed by atoms with Gasteiger partial charge in [0.05, 0.1) is 17.3 Å². The molecular weight excluding hydrogens is 450 g/mol. The molecule has 1 saturated heterocycles. The van der Waals surface area contributed by atoms with E-state index in [1.807, 2.05) is 61.1 Å². The highest BCUT2D eigenvalue weighted by Crippen LogP contribution is 2.29. The van der Waals surface area contributed by atoms with E-state index in [4.69, 9.17) is 21.1 Å². The molecule has 0 bridgehead atoms. The van der Waals surface area contributed by atoms with E-state index in [-0.39, 0.29) is 6.61 Å². The molecule has 1 unspecified atom stereocenters. The monoisotopic (exact) mass is 483 g/mol. The first-order chi connectivity index (χ1) is 16.4. The number of aromatic nitrogens is 2. The summed E-state index contributed by atoms with van der Waals surface area (Å²) >= 11 is 6.25. The molecule has 7 heteroatoms. The quantitative estimate of drug-likeness (QED) is 0.410. The Morgan fingerprint density at radius 3 is 2.68 bits per heavy atom. The number of hydrogen-bond donors (Lipinski definition) is 1. The highest BCUT2D eigenvalue weighted by atomic mass is 35.5. The van der Waals surface area contributed by atoms with Gasteiger partial charge in [-0.15, -0.1) is 0 Å². The molecule has 4 rings (SSSR count). The molecule has 1 N–H and O–H groups in total. The highest BCUT2D eigenvalue weighted by molar-refractivity contribution is 6.32. The predicted octanol–water partition coefficient (Wildman–Crippen LogP) is 5.03. The molecule has 0 saturated carbocycles. The van der Waals surface area contributed by atoms with E-state index in [2.05, 4.69) is 22.1 Å². The lowest BCUT2D eigenvalue weighted by Crippen LogP contribution is -2.51. The van der Waals surface area contributed by atoms with Crippen LogP contribution in [0.2, 0.25) is 5.02 Å². The summed E-state index contributed by atoms with van der Waals surface area (Å²) in [6, 6.07) is 15.9. The Kier molecular flexibility index (Phi) is 8.14. The molecule has 2 heterocycles. The van der Waals surface area contributed by atoms with Crippen LogP contribution in [0.3, 0.4) is 0 Å². The van der Waals surface area contributed by atoms with Gasteiger partial charge in [-0.3, -0.25) is 9.58 Å². The number of rotatable bonds is 10. The van der Waals surface area contributed by atoms with Crippen LogP contribution in [-0.4, -0.2) is 51.7 Å². The van der Waals surface area contributed by atoms with E-state index in [0.717, 1.165) is 55.9 Å². The number of aryl methyl sites for hydroxylation is 3. The molecule has 0 radical (unpaired) electrons. The Morgan fingerprint density at radius 1 is 1.09 bits per heavy atom. The van der Waals surface area contributed by atoms with Crippen molar-refractivity contribution >= 4 is 11.6 Å². The zero-order valence-electron chi connectivity index (χ0n) is 20.0. The van der Waals surface area contributed by atoms with Gasteiger partial charge in [-0.25, -0.2) is 0 Å². The summed E-state index contributed by atoms with van der Waals surface area (Å²) in [6.45, 7) is 8.04. The molecule has 3 aromatic rings. The van der Waals surface area contributed by atoms with Gasteiger partial charge < -0.3 is 14.6 Å². The number of likely N-dealkylation sites (tertiary alicyclic amines) is 1. The lowest BCUT2D eigenvalue weighted by atomic mass is 9.93. The molecule has 0 spiro atoms. The fraction of sp³-hybridized carbons (Fsp3) is 0.444. The van der Waals surface area contributed by atoms with E-state index in [1.54, 1.807) is 0 Å². The summed E-state index contributed by atoms with van der Waals surface area (Å²) in [7, 11) is 0. The van der Waals surface area contributed by atoms with Gasteiger partial charge >= 0.3 is 0 Å². The fourth-order valence-corrected chi connectivity index (χ4v) is 4.52. The average Bonchev–Trinajstić information content (AvgIpc) is 3.23. The van der Waals surface area contributed by atoms with E-state index < -0.39 is 5.60 Å². The van der Waals surface area contributed by atoms with Crippen molar-refractivity contribution in [2.45, 2.75) is 51.8 Å². The van der Waals surface area contributed by atoms with Crippen molar-refractivity contribution in [3.63, 3.8) is 0 Å². The van der Waals surface area contributed by atoms with Crippen LogP contribution in [0.1, 0.15) is 36.1 Å². The van der Waals surface area contributed by atoms with Gasteiger partial charge in [0.2, 0.25) is 0 Å².